The summed E-state index contributed by atoms with van der Waals surface area (Å²) in [6.45, 7) is 6.86. The highest BCUT2D eigenvalue weighted by Gasteiger charge is 2.25. The first-order chi connectivity index (χ1) is 16.4. The van der Waals surface area contributed by atoms with Gasteiger partial charge >= 0.3 is 5.97 Å². The highest BCUT2D eigenvalue weighted by atomic mass is 32.1. The van der Waals surface area contributed by atoms with Crippen LogP contribution in [-0.2, 0) is 24.1 Å². The Bertz CT molecular complexity index is 1240. The van der Waals surface area contributed by atoms with Gasteiger partial charge in [0.1, 0.15) is 11.5 Å². The Labute approximate surface area is 203 Å². The van der Waals surface area contributed by atoms with Gasteiger partial charge in [-0.2, -0.15) is 0 Å². The van der Waals surface area contributed by atoms with Gasteiger partial charge in [0.25, 0.3) is 0 Å². The van der Waals surface area contributed by atoms with Crippen molar-refractivity contribution >= 4 is 23.1 Å². The van der Waals surface area contributed by atoms with E-state index >= 15 is 0 Å². The van der Waals surface area contributed by atoms with E-state index in [1.165, 1.54) is 21.8 Å². The van der Waals surface area contributed by atoms with Crippen molar-refractivity contribution in [1.82, 2.24) is 4.57 Å². The lowest BCUT2D eigenvalue weighted by Gasteiger charge is -2.27. The minimum Gasteiger partial charge on any atom is -0.486 e. The highest BCUT2D eigenvalue weighted by Crippen LogP contribution is 2.33. The Morgan fingerprint density at radius 1 is 1.18 bits per heavy atom. The van der Waals surface area contributed by atoms with Crippen molar-refractivity contribution in [2.45, 2.75) is 52.7 Å². The lowest BCUT2D eigenvalue weighted by Crippen LogP contribution is -2.33. The molecule has 2 atom stereocenters. The molecule has 3 heterocycles. The summed E-state index contributed by atoms with van der Waals surface area (Å²) in [5.41, 5.74) is 3.61. The van der Waals surface area contributed by atoms with Gasteiger partial charge in [-0.15, -0.1) is 11.3 Å². The highest BCUT2D eigenvalue weighted by molar-refractivity contribution is 7.14. The number of fused-ring (bicyclic) bond motifs is 2. The SMILES string of the molecule is Cc1cc(C(=O)COC(=O)c2cc3c(s2)CC[C@@H](C)C3)c(C)n1C[C@@H]1COc2ccccc2O1. The lowest BCUT2D eigenvalue weighted by molar-refractivity contribution is 0.0479. The fourth-order valence-electron chi connectivity index (χ4n) is 4.81. The molecule has 0 spiro atoms. The van der Waals surface area contributed by atoms with E-state index in [1.807, 2.05) is 50.2 Å². The summed E-state index contributed by atoms with van der Waals surface area (Å²) in [5, 5.41) is 0. The summed E-state index contributed by atoms with van der Waals surface area (Å²) in [6.07, 6.45) is 3.01. The van der Waals surface area contributed by atoms with Crippen LogP contribution in [0.4, 0.5) is 0 Å². The summed E-state index contributed by atoms with van der Waals surface area (Å²) in [4.78, 5) is 27.4. The molecule has 0 N–H and O–H groups in total. The molecule has 0 bridgehead atoms. The molecule has 1 aliphatic carbocycles. The predicted molar refractivity (Wildman–Crippen MR) is 130 cm³/mol. The maximum atomic E-state index is 12.9. The number of hydrogen-bond donors (Lipinski definition) is 0. The van der Waals surface area contributed by atoms with E-state index in [9.17, 15) is 9.59 Å². The molecule has 0 amide bonds. The van der Waals surface area contributed by atoms with Gasteiger partial charge in [-0.3, -0.25) is 4.79 Å². The van der Waals surface area contributed by atoms with Crippen LogP contribution in [0.15, 0.2) is 36.4 Å². The van der Waals surface area contributed by atoms with Gasteiger partial charge in [-0.25, -0.2) is 4.79 Å². The van der Waals surface area contributed by atoms with Gasteiger partial charge in [0.05, 0.1) is 6.54 Å². The van der Waals surface area contributed by atoms with Crippen LogP contribution in [0.25, 0.3) is 0 Å². The Hall–Kier alpha value is -3.06. The molecule has 1 aliphatic heterocycles. The monoisotopic (exact) mass is 479 g/mol. The van der Waals surface area contributed by atoms with Crippen LogP contribution in [0, 0.1) is 19.8 Å². The summed E-state index contributed by atoms with van der Waals surface area (Å²) >= 11 is 1.50. The standard InChI is InChI=1S/C27H29NO5S/c1-16-8-9-25-19(10-16)12-26(34-25)27(30)32-15-22(29)21-11-17(2)28(18(21)3)13-20-14-31-23-6-4-5-7-24(23)33-20/h4-7,11-12,16,20H,8-10,13-15H2,1-3H3/t16-,20-/m1/s1. The van der Waals surface area contributed by atoms with E-state index in [1.54, 1.807) is 0 Å². The van der Waals surface area contributed by atoms with Gasteiger partial charge in [-0.1, -0.05) is 19.1 Å². The molecule has 34 heavy (non-hydrogen) atoms. The Morgan fingerprint density at radius 2 is 1.97 bits per heavy atom. The second-order valence-electron chi connectivity index (χ2n) is 9.30. The number of ketones is 1. The van der Waals surface area contributed by atoms with E-state index < -0.39 is 5.97 Å². The molecule has 6 nitrogen and oxygen atoms in total. The molecular weight excluding hydrogens is 450 g/mol. The van der Waals surface area contributed by atoms with Crippen LogP contribution in [0.1, 0.15) is 55.2 Å². The van der Waals surface area contributed by atoms with Crippen molar-refractivity contribution in [3.63, 3.8) is 0 Å². The lowest BCUT2D eigenvalue weighted by atomic mass is 9.90. The first kappa shape index (κ1) is 22.7. The minimum absolute atomic E-state index is 0.159. The molecule has 0 unspecified atom stereocenters. The summed E-state index contributed by atoms with van der Waals surface area (Å²) in [5.74, 6) is 1.50. The Kier molecular flexibility index (Phi) is 6.21. The van der Waals surface area contributed by atoms with Gasteiger partial charge < -0.3 is 18.8 Å². The fourth-order valence-corrected chi connectivity index (χ4v) is 5.91. The zero-order valence-corrected chi connectivity index (χ0v) is 20.6. The number of thiophene rings is 1. The second kappa shape index (κ2) is 9.29. The number of esters is 1. The summed E-state index contributed by atoms with van der Waals surface area (Å²) < 4.78 is 19.4. The molecule has 0 fully saturated rings. The Morgan fingerprint density at radius 3 is 2.79 bits per heavy atom. The van der Waals surface area contributed by atoms with Crippen molar-refractivity contribution < 1.29 is 23.8 Å². The molecule has 3 aromatic rings. The van der Waals surface area contributed by atoms with E-state index in [0.717, 1.165) is 42.1 Å². The van der Waals surface area contributed by atoms with Crippen molar-refractivity contribution in [1.29, 1.82) is 0 Å². The first-order valence-electron chi connectivity index (χ1n) is 11.8. The van der Waals surface area contributed by atoms with Gasteiger partial charge in [0.15, 0.2) is 24.2 Å². The number of carbonyl (C=O) groups excluding carboxylic acids is 2. The maximum absolute atomic E-state index is 12.9. The van der Waals surface area contributed by atoms with Gasteiger partial charge in [0, 0.05) is 21.8 Å². The molecule has 0 saturated carbocycles. The number of benzene rings is 1. The number of aromatic nitrogens is 1. The van der Waals surface area contributed by atoms with Crippen molar-refractivity contribution in [2.75, 3.05) is 13.2 Å². The third-order valence-corrected chi connectivity index (χ3v) is 7.91. The second-order valence-corrected chi connectivity index (χ2v) is 10.4. The largest absolute Gasteiger partial charge is 0.486 e. The number of rotatable bonds is 6. The number of Topliss-reactive ketones (excluding diaryl/α,β-unsaturated/α-hetero) is 1. The smallest absolute Gasteiger partial charge is 0.348 e. The average molecular weight is 480 g/mol. The van der Waals surface area contributed by atoms with Crippen LogP contribution in [0.3, 0.4) is 0 Å². The zero-order chi connectivity index (χ0) is 23.8. The average Bonchev–Trinajstić information content (AvgIpc) is 3.38. The molecule has 7 heteroatoms. The van der Waals surface area contributed by atoms with E-state index in [0.29, 0.717) is 29.5 Å². The fraction of sp³-hybridized carbons (Fsp3) is 0.407. The first-order valence-corrected chi connectivity index (χ1v) is 12.6. The van der Waals surface area contributed by atoms with Gasteiger partial charge in [-0.05, 0) is 68.9 Å². The normalized spacial score (nSPS) is 18.9. The van der Waals surface area contributed by atoms with Crippen LogP contribution in [0.2, 0.25) is 0 Å². The number of para-hydroxylation sites is 2. The molecule has 2 aliphatic rings. The van der Waals surface area contributed by atoms with Gasteiger partial charge in [0.2, 0.25) is 5.78 Å². The van der Waals surface area contributed by atoms with Crippen LogP contribution in [-0.4, -0.2) is 35.6 Å². The minimum atomic E-state index is -0.416. The number of nitrogens with zero attached hydrogens (tertiary/aromatic N) is 1. The number of aryl methyl sites for hydroxylation is 2. The summed E-state index contributed by atoms with van der Waals surface area (Å²) in [6, 6.07) is 11.4. The van der Waals surface area contributed by atoms with Crippen LogP contribution < -0.4 is 9.47 Å². The number of hydrogen-bond acceptors (Lipinski definition) is 6. The van der Waals surface area contributed by atoms with Crippen molar-refractivity contribution in [2.24, 2.45) is 5.92 Å². The molecule has 1 aromatic carbocycles. The van der Waals surface area contributed by atoms with Crippen molar-refractivity contribution in [3.8, 4) is 11.5 Å². The molecule has 2 aromatic heterocycles. The van der Waals surface area contributed by atoms with Crippen LogP contribution in [0.5, 0.6) is 11.5 Å². The topological polar surface area (TPSA) is 66.8 Å². The van der Waals surface area contributed by atoms with E-state index in [-0.39, 0.29) is 18.5 Å². The summed E-state index contributed by atoms with van der Waals surface area (Å²) in [7, 11) is 0. The van der Waals surface area contributed by atoms with Crippen molar-refractivity contribution in [3.05, 3.63) is 68.7 Å². The van der Waals surface area contributed by atoms with E-state index in [4.69, 9.17) is 14.2 Å². The van der Waals surface area contributed by atoms with E-state index in [2.05, 4.69) is 11.5 Å². The predicted octanol–water partition coefficient (Wildman–Crippen LogP) is 5.17. The third kappa shape index (κ3) is 4.49. The third-order valence-electron chi connectivity index (χ3n) is 6.69. The van der Waals surface area contributed by atoms with Crippen LogP contribution >= 0.6 is 11.3 Å². The number of ether oxygens (including phenoxy) is 3. The maximum Gasteiger partial charge on any atom is 0.348 e. The zero-order valence-electron chi connectivity index (χ0n) is 19.8. The number of carbonyl (C=O) groups is 2. The quantitative estimate of drug-likeness (QED) is 0.360. The molecule has 0 saturated heterocycles. The Balaban J connectivity index is 1.22. The molecule has 0 radical (unpaired) electrons. The molecule has 5 rings (SSSR count). The molecular formula is C27H29NO5S. The molecule has 178 valence electrons.